The molecule has 2 heterocycles. The fraction of sp³-hybridized carbons (Fsp3) is 0.308. The molecule has 0 aromatic heterocycles. The lowest BCUT2D eigenvalue weighted by molar-refractivity contribution is -0.376. The molecule has 59 heavy (non-hydrogen) atoms. The van der Waals surface area contributed by atoms with Gasteiger partial charge in [-0.2, -0.15) is 52.7 Å². The van der Waals surface area contributed by atoms with Crippen molar-refractivity contribution in [3.8, 4) is 0 Å². The molecule has 0 radical (unpaired) electrons. The maximum atomic E-state index is 13.0. The summed E-state index contributed by atoms with van der Waals surface area (Å²) in [5.74, 6) is -0.463. The van der Waals surface area contributed by atoms with Crippen LogP contribution in [0.2, 0.25) is 0 Å². The van der Waals surface area contributed by atoms with Crippen molar-refractivity contribution in [3.05, 3.63) is 134 Å². The smallest absolute Gasteiger partial charge is 0.369 e. The normalized spacial score (nSPS) is 15.2. The van der Waals surface area contributed by atoms with Crippen LogP contribution in [0.25, 0.3) is 4.85 Å². The highest BCUT2D eigenvalue weighted by Gasteiger charge is 2.72. The molecular formula is C39H28BrF12N3O4. The van der Waals surface area contributed by atoms with Crippen LogP contribution >= 0.6 is 15.9 Å². The van der Waals surface area contributed by atoms with E-state index < -0.39 is 47.0 Å². The molecule has 7 nitrogen and oxygen atoms in total. The van der Waals surface area contributed by atoms with Crippen molar-refractivity contribution in [2.75, 3.05) is 9.80 Å². The minimum absolute atomic E-state index is 0.0236. The standard InChI is InChI=1S/C20H14F6N2O2.C19H14BrF6NO2/c1-27-15-7-8-16-13(10-15)4-9-17(29)28(16)11-12-2-5-14(6-3-12)18(30,19(21,22)23)20(24,25)26;20-14-6-7-15-12(9-14)3-8-16(28)27(15)10-11-1-4-13(5-2-11)17(29,18(21,22)23)19(24,25)26/h2-3,5-8,10,30H,4,9,11H2;1-2,4-7,9,29H,3,8,10H2. The van der Waals surface area contributed by atoms with Crippen LogP contribution in [-0.4, -0.2) is 46.7 Å². The monoisotopic (exact) mass is 909 g/mol. The van der Waals surface area contributed by atoms with E-state index in [0.29, 0.717) is 59.7 Å². The van der Waals surface area contributed by atoms with E-state index in [1.165, 1.54) is 15.9 Å². The van der Waals surface area contributed by atoms with Crippen LogP contribution in [0.4, 0.5) is 69.7 Å². The summed E-state index contributed by atoms with van der Waals surface area (Å²) in [4.78, 5) is 30.8. The molecule has 4 aromatic rings. The zero-order chi connectivity index (χ0) is 43.9. The third kappa shape index (κ3) is 8.77. The Kier molecular flexibility index (Phi) is 12.3. The summed E-state index contributed by atoms with van der Waals surface area (Å²) in [6, 6.07) is 16.4. The van der Waals surface area contributed by atoms with Crippen LogP contribution in [0, 0.1) is 6.57 Å². The van der Waals surface area contributed by atoms with Crippen LogP contribution in [0.3, 0.4) is 0 Å². The molecule has 2 N–H and O–H groups in total. The Morgan fingerprint density at radius 2 is 0.898 bits per heavy atom. The van der Waals surface area contributed by atoms with Gasteiger partial charge in [-0.25, -0.2) is 4.85 Å². The molecule has 6 rings (SSSR count). The second-order valence-electron chi connectivity index (χ2n) is 13.5. The lowest BCUT2D eigenvalue weighted by atomic mass is 9.91. The molecule has 2 aliphatic rings. The average Bonchev–Trinajstić information content (AvgIpc) is 3.15. The highest BCUT2D eigenvalue weighted by Crippen LogP contribution is 2.51. The van der Waals surface area contributed by atoms with Gasteiger partial charge in [0.2, 0.25) is 11.8 Å². The molecule has 0 unspecified atom stereocenters. The first-order valence-electron chi connectivity index (χ1n) is 17.0. The van der Waals surface area contributed by atoms with Crippen molar-refractivity contribution >= 4 is 44.8 Å². The van der Waals surface area contributed by atoms with E-state index in [2.05, 4.69) is 20.8 Å². The number of carbonyl (C=O) groups is 2. The van der Waals surface area contributed by atoms with Crippen molar-refractivity contribution in [2.24, 2.45) is 0 Å². The van der Waals surface area contributed by atoms with E-state index >= 15 is 0 Å². The average molecular weight is 911 g/mol. The van der Waals surface area contributed by atoms with Gasteiger partial charge >= 0.3 is 24.7 Å². The summed E-state index contributed by atoms with van der Waals surface area (Å²) < 4.78 is 157. The molecule has 4 aromatic carbocycles. The summed E-state index contributed by atoms with van der Waals surface area (Å²) in [5.41, 5.74) is -8.85. The van der Waals surface area contributed by atoms with Gasteiger partial charge in [-0.3, -0.25) is 9.59 Å². The highest BCUT2D eigenvalue weighted by molar-refractivity contribution is 9.10. The summed E-state index contributed by atoms with van der Waals surface area (Å²) in [5, 5.41) is 18.9. The van der Waals surface area contributed by atoms with E-state index in [1.54, 1.807) is 24.3 Å². The van der Waals surface area contributed by atoms with Gasteiger partial charge in [-0.15, -0.1) is 0 Å². The predicted octanol–water partition coefficient (Wildman–Crippen LogP) is 10.3. The first kappa shape index (κ1) is 45.0. The summed E-state index contributed by atoms with van der Waals surface area (Å²) >= 11 is 3.34. The molecule has 0 saturated heterocycles. The van der Waals surface area contributed by atoms with Crippen molar-refractivity contribution in [1.29, 1.82) is 0 Å². The fourth-order valence-electron chi connectivity index (χ4n) is 6.54. The van der Waals surface area contributed by atoms with Gasteiger partial charge in [-0.05, 0) is 59.4 Å². The number of hydrogen-bond donors (Lipinski definition) is 2. The molecule has 0 aliphatic carbocycles. The van der Waals surface area contributed by atoms with E-state index in [-0.39, 0.29) is 43.3 Å². The number of halogens is 13. The second kappa shape index (κ2) is 16.1. The Morgan fingerprint density at radius 3 is 1.25 bits per heavy atom. The third-order valence-electron chi connectivity index (χ3n) is 9.70. The van der Waals surface area contributed by atoms with E-state index in [0.717, 1.165) is 39.9 Å². The fourth-order valence-corrected chi connectivity index (χ4v) is 6.94. The quantitative estimate of drug-likeness (QED) is 0.149. The van der Waals surface area contributed by atoms with Crippen LogP contribution in [0.1, 0.15) is 46.2 Å². The Labute approximate surface area is 335 Å². The number of hydrogen-bond acceptors (Lipinski definition) is 4. The van der Waals surface area contributed by atoms with Gasteiger partial charge in [0.1, 0.15) is 0 Å². The molecule has 2 aliphatic heterocycles. The highest BCUT2D eigenvalue weighted by atomic mass is 79.9. The van der Waals surface area contributed by atoms with Crippen LogP contribution < -0.4 is 9.80 Å². The van der Waals surface area contributed by atoms with Gasteiger partial charge < -0.3 is 20.0 Å². The Bertz CT molecular complexity index is 2220. The molecular weight excluding hydrogens is 882 g/mol. The number of amides is 2. The van der Waals surface area contributed by atoms with Crippen LogP contribution in [-0.2, 0) is 46.7 Å². The van der Waals surface area contributed by atoms with Gasteiger partial charge in [0, 0.05) is 39.8 Å². The number of benzene rings is 4. The Morgan fingerprint density at radius 1 is 0.542 bits per heavy atom. The number of fused-ring (bicyclic) bond motifs is 2. The summed E-state index contributed by atoms with van der Waals surface area (Å²) in [6.07, 6.45) is -22.4. The molecule has 314 valence electrons. The predicted molar refractivity (Wildman–Crippen MR) is 191 cm³/mol. The maximum Gasteiger partial charge on any atom is 0.430 e. The first-order chi connectivity index (χ1) is 27.2. The number of nitrogens with zero attached hydrogens (tertiary/aromatic N) is 3. The molecule has 2 amide bonds. The van der Waals surface area contributed by atoms with Crippen molar-refractivity contribution < 1.29 is 72.5 Å². The van der Waals surface area contributed by atoms with Crippen LogP contribution in [0.5, 0.6) is 0 Å². The number of alkyl halides is 12. The lowest BCUT2D eigenvalue weighted by Crippen LogP contribution is -2.53. The molecule has 0 atom stereocenters. The van der Waals surface area contributed by atoms with E-state index in [4.69, 9.17) is 6.57 Å². The Balaban J connectivity index is 0.000000224. The summed E-state index contributed by atoms with van der Waals surface area (Å²) in [7, 11) is 0. The minimum Gasteiger partial charge on any atom is -0.369 e. The van der Waals surface area contributed by atoms with Gasteiger partial charge in [0.25, 0.3) is 11.2 Å². The number of rotatable bonds is 6. The van der Waals surface area contributed by atoms with E-state index in [9.17, 15) is 72.5 Å². The van der Waals surface area contributed by atoms with Crippen molar-refractivity contribution in [2.45, 2.75) is 74.7 Å². The first-order valence-corrected chi connectivity index (χ1v) is 17.8. The lowest BCUT2D eigenvalue weighted by Gasteiger charge is -2.33. The summed E-state index contributed by atoms with van der Waals surface area (Å²) in [6.45, 7) is 6.95. The minimum atomic E-state index is -5.96. The zero-order valence-electron chi connectivity index (χ0n) is 29.8. The largest absolute Gasteiger partial charge is 0.430 e. The molecule has 0 bridgehead atoms. The van der Waals surface area contributed by atoms with E-state index in [1.807, 2.05) is 6.07 Å². The maximum absolute atomic E-state index is 13.0. The van der Waals surface area contributed by atoms with Crippen molar-refractivity contribution in [3.63, 3.8) is 0 Å². The number of carbonyl (C=O) groups excluding carboxylic acids is 2. The zero-order valence-corrected chi connectivity index (χ0v) is 31.4. The molecule has 0 fully saturated rings. The third-order valence-corrected chi connectivity index (χ3v) is 10.2. The van der Waals surface area contributed by atoms with Crippen LogP contribution in [0.15, 0.2) is 89.4 Å². The van der Waals surface area contributed by atoms with Gasteiger partial charge in [-0.1, -0.05) is 76.6 Å². The molecule has 0 spiro atoms. The second-order valence-corrected chi connectivity index (χ2v) is 14.4. The van der Waals surface area contributed by atoms with Gasteiger partial charge in [0.05, 0.1) is 19.7 Å². The van der Waals surface area contributed by atoms with Crippen molar-refractivity contribution in [1.82, 2.24) is 0 Å². The molecule has 20 heteroatoms. The number of aryl methyl sites for hydroxylation is 2. The van der Waals surface area contributed by atoms with Gasteiger partial charge in [0.15, 0.2) is 5.69 Å². The Hall–Kier alpha value is -5.13. The number of anilines is 2. The SMILES string of the molecule is O=C1CCc2cc(Br)ccc2N1Cc1ccc(C(O)(C(F)(F)F)C(F)(F)F)cc1.[C-]#[N+]c1ccc2c(c1)CCC(=O)N2Cc1ccc(C(O)(C(F)(F)F)C(F)(F)F)cc1. The number of aliphatic hydroxyl groups is 2. The molecule has 0 saturated carbocycles. The topological polar surface area (TPSA) is 85.4 Å².